The standard InChI is InChI=1S/C18H16N4O2S/c1-3-10-25-18-20-17-15(21-22-18)12-6-4-5-7-13(12)19-16(24-17)14-9-8-11(2)23-14/h3-9,16,19H,1,10H2,2H3/t16-/m1/s1. The number of para-hydroxylation sites is 1. The van der Waals surface area contributed by atoms with Gasteiger partial charge in [0.15, 0.2) is 11.5 Å². The van der Waals surface area contributed by atoms with Crippen LogP contribution in [0.15, 0.2) is 58.6 Å². The highest BCUT2D eigenvalue weighted by molar-refractivity contribution is 7.99. The molecular formula is C18H16N4O2S. The topological polar surface area (TPSA) is 73.1 Å². The van der Waals surface area contributed by atoms with E-state index in [1.54, 1.807) is 6.08 Å². The third kappa shape index (κ3) is 3.10. The van der Waals surface area contributed by atoms with E-state index in [9.17, 15) is 0 Å². The molecule has 0 saturated heterocycles. The molecule has 7 heteroatoms. The normalized spacial score (nSPS) is 15.3. The van der Waals surface area contributed by atoms with Gasteiger partial charge < -0.3 is 14.5 Å². The minimum atomic E-state index is -0.495. The van der Waals surface area contributed by atoms with Crippen LogP contribution in [-0.2, 0) is 0 Å². The van der Waals surface area contributed by atoms with Crippen molar-refractivity contribution in [3.05, 3.63) is 60.6 Å². The number of ether oxygens (including phenoxy) is 1. The van der Waals surface area contributed by atoms with Gasteiger partial charge in [-0.05, 0) is 25.1 Å². The highest BCUT2D eigenvalue weighted by Crippen LogP contribution is 2.39. The summed E-state index contributed by atoms with van der Waals surface area (Å²) in [6.07, 6.45) is 1.30. The molecule has 0 aliphatic carbocycles. The summed E-state index contributed by atoms with van der Waals surface area (Å²) in [5.74, 6) is 2.63. The van der Waals surface area contributed by atoms with Gasteiger partial charge in [-0.1, -0.05) is 36.0 Å². The fraction of sp³-hybridized carbons (Fsp3) is 0.167. The molecule has 0 radical (unpaired) electrons. The highest BCUT2D eigenvalue weighted by Gasteiger charge is 2.27. The number of nitrogens with one attached hydrogen (secondary N) is 1. The lowest BCUT2D eigenvalue weighted by molar-refractivity contribution is 0.194. The second kappa shape index (κ2) is 6.60. The molecule has 25 heavy (non-hydrogen) atoms. The molecule has 4 rings (SSSR count). The van der Waals surface area contributed by atoms with Gasteiger partial charge in [-0.2, -0.15) is 4.98 Å². The molecule has 1 N–H and O–H groups in total. The van der Waals surface area contributed by atoms with Crippen molar-refractivity contribution in [1.82, 2.24) is 15.2 Å². The molecule has 1 atom stereocenters. The molecule has 0 spiro atoms. The summed E-state index contributed by atoms with van der Waals surface area (Å²) in [7, 11) is 0. The Kier molecular flexibility index (Phi) is 4.15. The van der Waals surface area contributed by atoms with Gasteiger partial charge in [0.05, 0.1) is 0 Å². The van der Waals surface area contributed by atoms with Crippen molar-refractivity contribution in [1.29, 1.82) is 0 Å². The Balaban J connectivity index is 1.80. The number of thioether (sulfide) groups is 1. The number of hydrogen-bond acceptors (Lipinski definition) is 7. The lowest BCUT2D eigenvalue weighted by Gasteiger charge is -2.16. The molecule has 0 fully saturated rings. The number of aryl methyl sites for hydroxylation is 1. The van der Waals surface area contributed by atoms with E-state index in [2.05, 4.69) is 27.1 Å². The van der Waals surface area contributed by atoms with Gasteiger partial charge in [-0.15, -0.1) is 16.8 Å². The maximum Gasteiger partial charge on any atom is 0.247 e. The molecule has 2 aromatic heterocycles. The molecule has 3 aromatic rings. The van der Waals surface area contributed by atoms with E-state index in [0.717, 1.165) is 17.0 Å². The Hall–Kier alpha value is -2.80. The van der Waals surface area contributed by atoms with Crippen LogP contribution in [0.4, 0.5) is 5.69 Å². The SMILES string of the molecule is C=CCSc1nnc2c(n1)O[C@H](c1ccc(C)o1)Nc1ccccc1-2. The quantitative estimate of drug-likeness (QED) is 0.556. The van der Waals surface area contributed by atoms with Crippen LogP contribution in [0.2, 0.25) is 0 Å². The average molecular weight is 352 g/mol. The number of aromatic nitrogens is 3. The summed E-state index contributed by atoms with van der Waals surface area (Å²) in [6.45, 7) is 5.61. The lowest BCUT2D eigenvalue weighted by Crippen LogP contribution is -2.16. The minimum Gasteiger partial charge on any atom is -0.460 e. The maximum absolute atomic E-state index is 6.10. The van der Waals surface area contributed by atoms with E-state index in [-0.39, 0.29) is 0 Å². The van der Waals surface area contributed by atoms with E-state index in [0.29, 0.717) is 28.2 Å². The monoisotopic (exact) mass is 352 g/mol. The molecule has 0 unspecified atom stereocenters. The number of hydrogen-bond donors (Lipinski definition) is 1. The van der Waals surface area contributed by atoms with Gasteiger partial charge in [0, 0.05) is 17.0 Å². The van der Waals surface area contributed by atoms with Crippen LogP contribution < -0.4 is 10.1 Å². The summed E-state index contributed by atoms with van der Waals surface area (Å²) in [4.78, 5) is 4.53. The number of rotatable bonds is 4. The molecule has 0 bridgehead atoms. The van der Waals surface area contributed by atoms with Crippen molar-refractivity contribution in [3.8, 4) is 17.1 Å². The highest BCUT2D eigenvalue weighted by atomic mass is 32.2. The molecule has 126 valence electrons. The van der Waals surface area contributed by atoms with Gasteiger partial charge in [-0.3, -0.25) is 0 Å². The minimum absolute atomic E-state index is 0.429. The molecule has 1 aliphatic heterocycles. The zero-order valence-electron chi connectivity index (χ0n) is 13.6. The van der Waals surface area contributed by atoms with Crippen LogP contribution >= 0.6 is 11.8 Å². The fourth-order valence-electron chi connectivity index (χ4n) is 2.56. The molecular weight excluding hydrogens is 336 g/mol. The Labute approximate surface area is 149 Å². The zero-order valence-corrected chi connectivity index (χ0v) is 14.4. The first-order chi connectivity index (χ1) is 12.2. The Bertz CT molecular complexity index is 925. The molecule has 0 saturated carbocycles. The van der Waals surface area contributed by atoms with Crippen LogP contribution in [-0.4, -0.2) is 20.9 Å². The van der Waals surface area contributed by atoms with Crippen LogP contribution in [0.5, 0.6) is 5.88 Å². The molecule has 3 heterocycles. The van der Waals surface area contributed by atoms with Gasteiger partial charge >= 0.3 is 0 Å². The van der Waals surface area contributed by atoms with Gasteiger partial charge in [0.2, 0.25) is 17.3 Å². The van der Waals surface area contributed by atoms with Crippen LogP contribution in [0, 0.1) is 6.92 Å². The third-order valence-electron chi connectivity index (χ3n) is 3.68. The summed E-state index contributed by atoms with van der Waals surface area (Å²) < 4.78 is 11.8. The van der Waals surface area contributed by atoms with Gasteiger partial charge in [0.1, 0.15) is 5.76 Å². The Morgan fingerprint density at radius 2 is 2.12 bits per heavy atom. The van der Waals surface area contributed by atoms with E-state index in [1.807, 2.05) is 43.3 Å². The summed E-state index contributed by atoms with van der Waals surface area (Å²) in [5.41, 5.74) is 2.39. The number of furan rings is 1. The first kappa shape index (κ1) is 15.7. The second-order valence-electron chi connectivity index (χ2n) is 5.48. The Morgan fingerprint density at radius 3 is 2.92 bits per heavy atom. The average Bonchev–Trinajstić information content (AvgIpc) is 2.99. The summed E-state index contributed by atoms with van der Waals surface area (Å²) >= 11 is 1.46. The second-order valence-corrected chi connectivity index (χ2v) is 6.47. The largest absolute Gasteiger partial charge is 0.460 e. The summed E-state index contributed by atoms with van der Waals surface area (Å²) in [6, 6.07) is 11.6. The number of fused-ring (bicyclic) bond motifs is 3. The fourth-order valence-corrected chi connectivity index (χ4v) is 3.08. The number of nitrogens with zero attached hydrogens (tertiary/aromatic N) is 3. The predicted octanol–water partition coefficient (Wildman–Crippen LogP) is 4.22. The smallest absolute Gasteiger partial charge is 0.247 e. The van der Waals surface area contributed by atoms with Crippen molar-refractivity contribution < 1.29 is 9.15 Å². The van der Waals surface area contributed by atoms with Crippen LogP contribution in [0.1, 0.15) is 17.7 Å². The van der Waals surface area contributed by atoms with Gasteiger partial charge in [-0.25, -0.2) is 0 Å². The first-order valence-corrected chi connectivity index (χ1v) is 8.80. The summed E-state index contributed by atoms with van der Waals surface area (Å²) in [5, 5.41) is 12.4. The van der Waals surface area contributed by atoms with Gasteiger partial charge in [0.25, 0.3) is 0 Å². The predicted molar refractivity (Wildman–Crippen MR) is 96.6 cm³/mol. The molecule has 1 aromatic carbocycles. The van der Waals surface area contributed by atoms with Crippen molar-refractivity contribution >= 4 is 17.4 Å². The zero-order chi connectivity index (χ0) is 17.2. The van der Waals surface area contributed by atoms with Crippen molar-refractivity contribution in [2.75, 3.05) is 11.1 Å². The lowest BCUT2D eigenvalue weighted by atomic mass is 10.1. The molecule has 6 nitrogen and oxygen atoms in total. The van der Waals surface area contributed by atoms with E-state index >= 15 is 0 Å². The Morgan fingerprint density at radius 1 is 1.24 bits per heavy atom. The molecule has 0 amide bonds. The van der Waals surface area contributed by atoms with Crippen LogP contribution in [0.3, 0.4) is 0 Å². The third-order valence-corrected chi connectivity index (χ3v) is 4.52. The molecule has 1 aliphatic rings. The van der Waals surface area contributed by atoms with E-state index in [1.165, 1.54) is 11.8 Å². The van der Waals surface area contributed by atoms with Crippen LogP contribution in [0.25, 0.3) is 11.3 Å². The number of anilines is 1. The first-order valence-electron chi connectivity index (χ1n) is 7.82. The number of benzene rings is 1. The van der Waals surface area contributed by atoms with E-state index in [4.69, 9.17) is 9.15 Å². The van der Waals surface area contributed by atoms with Crippen molar-refractivity contribution in [2.45, 2.75) is 18.3 Å². The van der Waals surface area contributed by atoms with Crippen molar-refractivity contribution in [2.24, 2.45) is 0 Å². The van der Waals surface area contributed by atoms with E-state index < -0.39 is 6.23 Å². The maximum atomic E-state index is 6.10. The van der Waals surface area contributed by atoms with Crippen molar-refractivity contribution in [3.63, 3.8) is 0 Å².